The van der Waals surface area contributed by atoms with E-state index >= 15 is 0 Å². The first-order valence-corrected chi connectivity index (χ1v) is 8.81. The molecule has 156 valence electrons. The molecule has 1 N–H and O–H groups in total. The smallest absolute Gasteiger partial charge is 0.416 e. The van der Waals surface area contributed by atoms with Crippen LogP contribution < -0.4 is 10.9 Å². The monoisotopic (exact) mass is 419 g/mol. The molecular weight excluding hydrogens is 403 g/mol. The molecule has 0 aliphatic rings. The molecule has 0 aliphatic carbocycles. The van der Waals surface area contributed by atoms with Crippen molar-refractivity contribution in [3.8, 4) is 0 Å². The molecule has 0 bridgehead atoms. The molecule has 0 radical (unpaired) electrons. The quantitative estimate of drug-likeness (QED) is 0.621. The Morgan fingerprint density at radius 3 is 2.47 bits per heavy atom. The molecule has 1 heterocycles. The van der Waals surface area contributed by atoms with Crippen molar-refractivity contribution in [3.05, 3.63) is 70.8 Å². The molecule has 0 fully saturated rings. The fraction of sp³-hybridized carbons (Fsp3) is 0.200. The first-order valence-electron chi connectivity index (χ1n) is 8.81. The number of nitrogens with zero attached hydrogens (tertiary/aromatic N) is 2. The van der Waals surface area contributed by atoms with Gasteiger partial charge in [0.25, 0.3) is 11.5 Å². The third-order valence-electron chi connectivity index (χ3n) is 4.15. The molecule has 10 heteroatoms. The number of fused-ring (bicyclic) bond motifs is 1. The number of carbonyl (C=O) groups is 2. The summed E-state index contributed by atoms with van der Waals surface area (Å²) >= 11 is 0. The third-order valence-corrected chi connectivity index (χ3v) is 4.15. The Balaban J connectivity index is 1.48. The number of benzene rings is 2. The molecule has 1 amide bonds. The van der Waals surface area contributed by atoms with Crippen LogP contribution in [0.3, 0.4) is 0 Å². The first-order chi connectivity index (χ1) is 14.2. The van der Waals surface area contributed by atoms with Gasteiger partial charge in [0.1, 0.15) is 0 Å². The van der Waals surface area contributed by atoms with Crippen molar-refractivity contribution in [2.45, 2.75) is 19.1 Å². The van der Waals surface area contributed by atoms with E-state index in [1.807, 2.05) is 0 Å². The van der Waals surface area contributed by atoms with Crippen LogP contribution in [0, 0.1) is 0 Å². The first kappa shape index (κ1) is 21.0. The van der Waals surface area contributed by atoms with E-state index in [1.165, 1.54) is 10.9 Å². The van der Waals surface area contributed by atoms with Crippen molar-refractivity contribution in [3.63, 3.8) is 0 Å². The summed E-state index contributed by atoms with van der Waals surface area (Å²) < 4.78 is 43.7. The molecule has 0 aliphatic heterocycles. The Hall–Kier alpha value is -3.69. The fourth-order valence-electron chi connectivity index (χ4n) is 2.63. The van der Waals surface area contributed by atoms with Crippen LogP contribution in [0.5, 0.6) is 0 Å². The van der Waals surface area contributed by atoms with E-state index < -0.39 is 30.2 Å². The lowest BCUT2D eigenvalue weighted by molar-refractivity contribution is -0.147. The summed E-state index contributed by atoms with van der Waals surface area (Å²) in [5.74, 6) is -1.41. The molecule has 0 saturated carbocycles. The van der Waals surface area contributed by atoms with Gasteiger partial charge >= 0.3 is 12.1 Å². The minimum absolute atomic E-state index is 0.0238. The zero-order valence-corrected chi connectivity index (χ0v) is 15.5. The third kappa shape index (κ3) is 5.22. The van der Waals surface area contributed by atoms with Crippen LogP contribution in [0.4, 0.5) is 18.9 Å². The van der Waals surface area contributed by atoms with E-state index in [4.69, 9.17) is 4.74 Å². The number of alkyl halides is 3. The number of aromatic nitrogens is 2. The summed E-state index contributed by atoms with van der Waals surface area (Å²) in [6, 6.07) is 10.7. The largest absolute Gasteiger partial charge is 0.456 e. The highest BCUT2D eigenvalue weighted by molar-refractivity contribution is 5.92. The number of hydrogen-bond donors (Lipinski definition) is 1. The molecule has 0 spiro atoms. The molecule has 0 saturated heterocycles. The zero-order chi connectivity index (χ0) is 21.7. The lowest BCUT2D eigenvalue weighted by Gasteiger charge is -2.09. The van der Waals surface area contributed by atoms with Gasteiger partial charge in [-0.25, -0.2) is 4.98 Å². The van der Waals surface area contributed by atoms with Crippen LogP contribution in [0.25, 0.3) is 10.9 Å². The minimum atomic E-state index is -4.47. The van der Waals surface area contributed by atoms with Crippen molar-refractivity contribution >= 4 is 28.5 Å². The van der Waals surface area contributed by atoms with Crippen LogP contribution in [-0.2, 0) is 27.0 Å². The molecule has 0 unspecified atom stereocenters. The lowest BCUT2D eigenvalue weighted by Crippen LogP contribution is -2.24. The maximum Gasteiger partial charge on any atom is 0.416 e. The predicted molar refractivity (Wildman–Crippen MR) is 102 cm³/mol. The minimum Gasteiger partial charge on any atom is -0.456 e. The number of rotatable bonds is 6. The summed E-state index contributed by atoms with van der Waals surface area (Å²) in [4.78, 5) is 40.1. The number of nitrogens with one attached hydrogen (secondary N) is 1. The molecule has 3 rings (SSSR count). The van der Waals surface area contributed by atoms with Gasteiger partial charge in [0.15, 0.2) is 6.61 Å². The lowest BCUT2D eigenvalue weighted by atomic mass is 10.2. The molecule has 7 nitrogen and oxygen atoms in total. The molecule has 0 atom stereocenters. The Bertz CT molecular complexity index is 1120. The molecule has 2 aromatic carbocycles. The Labute approximate surface area is 168 Å². The van der Waals surface area contributed by atoms with Gasteiger partial charge in [0, 0.05) is 12.2 Å². The molecule has 3 aromatic rings. The van der Waals surface area contributed by atoms with Gasteiger partial charge in [0.2, 0.25) is 0 Å². The highest BCUT2D eigenvalue weighted by atomic mass is 19.4. The Kier molecular flexibility index (Phi) is 6.14. The standard InChI is InChI=1S/C20H16F3N3O4/c21-20(22,23)13-5-7-14(8-6-13)25-17(27)11-30-18(28)9-10-26-12-24-16-4-2-1-3-15(16)19(26)29/h1-8,12H,9-11H2,(H,25,27). The highest BCUT2D eigenvalue weighted by Crippen LogP contribution is 2.29. The zero-order valence-electron chi connectivity index (χ0n) is 15.5. The van der Waals surface area contributed by atoms with E-state index in [9.17, 15) is 27.6 Å². The number of carbonyl (C=O) groups excluding carboxylic acids is 2. The fourth-order valence-corrected chi connectivity index (χ4v) is 2.63. The van der Waals surface area contributed by atoms with E-state index in [2.05, 4.69) is 10.3 Å². The highest BCUT2D eigenvalue weighted by Gasteiger charge is 2.30. The Morgan fingerprint density at radius 1 is 1.07 bits per heavy atom. The van der Waals surface area contributed by atoms with E-state index in [-0.39, 0.29) is 24.2 Å². The summed E-state index contributed by atoms with van der Waals surface area (Å²) in [5.41, 5.74) is -0.460. The van der Waals surface area contributed by atoms with Gasteiger partial charge in [-0.05, 0) is 36.4 Å². The Morgan fingerprint density at radius 2 is 1.77 bits per heavy atom. The van der Waals surface area contributed by atoms with Crippen LogP contribution in [0.2, 0.25) is 0 Å². The second-order valence-electron chi connectivity index (χ2n) is 6.29. The van der Waals surface area contributed by atoms with E-state index in [1.54, 1.807) is 24.3 Å². The van der Waals surface area contributed by atoms with Gasteiger partial charge in [-0.1, -0.05) is 12.1 Å². The van der Waals surface area contributed by atoms with Gasteiger partial charge in [-0.3, -0.25) is 19.0 Å². The number of para-hydroxylation sites is 1. The van der Waals surface area contributed by atoms with E-state index in [0.29, 0.717) is 10.9 Å². The number of hydrogen-bond acceptors (Lipinski definition) is 5. The number of halogens is 3. The summed E-state index contributed by atoms with van der Waals surface area (Å²) in [6.07, 6.45) is -3.30. The molecule has 1 aromatic heterocycles. The van der Waals surface area contributed by atoms with Crippen LogP contribution in [-0.4, -0.2) is 28.0 Å². The van der Waals surface area contributed by atoms with Crippen molar-refractivity contribution in [2.24, 2.45) is 0 Å². The maximum absolute atomic E-state index is 12.5. The number of ether oxygens (including phenoxy) is 1. The second-order valence-corrected chi connectivity index (χ2v) is 6.29. The average molecular weight is 419 g/mol. The maximum atomic E-state index is 12.5. The van der Waals surface area contributed by atoms with Crippen LogP contribution in [0.1, 0.15) is 12.0 Å². The number of aryl methyl sites for hydroxylation is 1. The molecule has 30 heavy (non-hydrogen) atoms. The van der Waals surface area contributed by atoms with Gasteiger partial charge in [-0.15, -0.1) is 0 Å². The number of anilines is 1. The topological polar surface area (TPSA) is 90.3 Å². The normalized spacial score (nSPS) is 11.3. The SMILES string of the molecule is O=C(COC(=O)CCn1cnc2ccccc2c1=O)Nc1ccc(C(F)(F)F)cc1. The summed E-state index contributed by atoms with van der Waals surface area (Å²) in [5, 5.41) is 2.75. The summed E-state index contributed by atoms with van der Waals surface area (Å²) in [7, 11) is 0. The van der Waals surface area contributed by atoms with Crippen molar-refractivity contribution in [2.75, 3.05) is 11.9 Å². The van der Waals surface area contributed by atoms with Crippen molar-refractivity contribution in [1.82, 2.24) is 9.55 Å². The van der Waals surface area contributed by atoms with Crippen molar-refractivity contribution in [1.29, 1.82) is 0 Å². The average Bonchev–Trinajstić information content (AvgIpc) is 2.72. The summed E-state index contributed by atoms with van der Waals surface area (Å²) in [6.45, 7) is -0.583. The number of esters is 1. The van der Waals surface area contributed by atoms with Crippen LogP contribution in [0.15, 0.2) is 59.7 Å². The van der Waals surface area contributed by atoms with Gasteiger partial charge in [-0.2, -0.15) is 13.2 Å². The predicted octanol–water partition coefficient (Wildman–Crippen LogP) is 2.99. The molecular formula is C20H16F3N3O4. The number of amides is 1. The second kappa shape index (κ2) is 8.76. The van der Waals surface area contributed by atoms with Gasteiger partial charge < -0.3 is 10.1 Å². The van der Waals surface area contributed by atoms with E-state index in [0.717, 1.165) is 24.3 Å². The van der Waals surface area contributed by atoms with Crippen molar-refractivity contribution < 1.29 is 27.5 Å². The van der Waals surface area contributed by atoms with Crippen LogP contribution >= 0.6 is 0 Å². The van der Waals surface area contributed by atoms with Gasteiger partial charge in [0.05, 0.1) is 29.2 Å².